The smallest absolute Gasteiger partial charge is 0.227 e. The molecule has 2 aliphatic heterocycles. The fourth-order valence-corrected chi connectivity index (χ4v) is 3.02. The lowest BCUT2D eigenvalue weighted by Crippen LogP contribution is -2.39. The van der Waals surface area contributed by atoms with Crippen LogP contribution in [-0.2, 0) is 17.7 Å². The highest BCUT2D eigenvalue weighted by Gasteiger charge is 2.24. The lowest BCUT2D eigenvalue weighted by molar-refractivity contribution is 0.122. The number of likely N-dealkylation sites (N-methyl/N-ethyl adjacent to an activating group) is 1. The van der Waals surface area contributed by atoms with Crippen molar-refractivity contribution < 1.29 is 4.74 Å². The fourth-order valence-electron chi connectivity index (χ4n) is 3.02. The van der Waals surface area contributed by atoms with Gasteiger partial charge in [0.25, 0.3) is 0 Å². The van der Waals surface area contributed by atoms with Gasteiger partial charge in [-0.15, -0.1) is 0 Å². The number of anilines is 2. The van der Waals surface area contributed by atoms with Gasteiger partial charge in [0.05, 0.1) is 18.9 Å². The first-order chi connectivity index (χ1) is 10.7. The van der Waals surface area contributed by atoms with E-state index in [-0.39, 0.29) is 0 Å². The van der Waals surface area contributed by atoms with Gasteiger partial charge >= 0.3 is 0 Å². The number of morpholine rings is 1. The first-order valence-electron chi connectivity index (χ1n) is 8.38. The summed E-state index contributed by atoms with van der Waals surface area (Å²) < 4.78 is 5.44. The molecule has 22 heavy (non-hydrogen) atoms. The summed E-state index contributed by atoms with van der Waals surface area (Å²) in [6.07, 6.45) is 1.01. The molecule has 0 aliphatic carbocycles. The molecule has 0 bridgehead atoms. The highest BCUT2D eigenvalue weighted by molar-refractivity contribution is 5.52. The molecule has 0 saturated carbocycles. The Morgan fingerprint density at radius 1 is 1.18 bits per heavy atom. The maximum Gasteiger partial charge on any atom is 0.227 e. The summed E-state index contributed by atoms with van der Waals surface area (Å²) in [6.45, 7) is 12.9. The van der Waals surface area contributed by atoms with Gasteiger partial charge in [0.1, 0.15) is 5.82 Å². The van der Waals surface area contributed by atoms with Gasteiger partial charge in [-0.25, -0.2) is 4.98 Å². The van der Waals surface area contributed by atoms with Crippen LogP contribution in [0, 0.1) is 0 Å². The third-order valence-electron chi connectivity index (χ3n) is 4.29. The van der Waals surface area contributed by atoms with Crippen LogP contribution in [0.2, 0.25) is 0 Å². The van der Waals surface area contributed by atoms with Gasteiger partial charge < -0.3 is 15.0 Å². The molecule has 0 radical (unpaired) electrons. The van der Waals surface area contributed by atoms with Crippen molar-refractivity contribution >= 4 is 11.8 Å². The molecule has 1 fully saturated rings. The molecular weight excluding hydrogens is 278 g/mol. The van der Waals surface area contributed by atoms with Crippen LogP contribution in [0.25, 0.3) is 0 Å². The number of nitrogens with one attached hydrogen (secondary N) is 1. The summed E-state index contributed by atoms with van der Waals surface area (Å²) in [5.74, 6) is 1.87. The number of rotatable bonds is 4. The normalized spacial score (nSPS) is 19.4. The summed E-state index contributed by atoms with van der Waals surface area (Å²) in [5.41, 5.74) is 2.49. The molecule has 0 unspecified atom stereocenters. The molecule has 1 saturated heterocycles. The second-order valence-corrected chi connectivity index (χ2v) is 6.31. The van der Waals surface area contributed by atoms with Gasteiger partial charge in [-0.2, -0.15) is 4.98 Å². The van der Waals surface area contributed by atoms with E-state index in [0.29, 0.717) is 6.04 Å². The van der Waals surface area contributed by atoms with Crippen molar-refractivity contribution in [3.05, 3.63) is 11.3 Å². The molecule has 0 amide bonds. The second kappa shape index (κ2) is 6.79. The Morgan fingerprint density at radius 3 is 2.64 bits per heavy atom. The number of hydrogen-bond acceptors (Lipinski definition) is 6. The average Bonchev–Trinajstić information content (AvgIpc) is 2.54. The Bertz CT molecular complexity index is 514. The molecule has 3 rings (SSSR count). The van der Waals surface area contributed by atoms with Gasteiger partial charge in [-0.1, -0.05) is 6.92 Å². The van der Waals surface area contributed by atoms with Crippen LogP contribution in [-0.4, -0.2) is 60.3 Å². The molecule has 1 aromatic rings. The third-order valence-corrected chi connectivity index (χ3v) is 4.29. The fraction of sp³-hybridized carbons (Fsp3) is 0.750. The minimum absolute atomic E-state index is 0.369. The highest BCUT2D eigenvalue weighted by Crippen LogP contribution is 2.27. The van der Waals surface area contributed by atoms with E-state index in [1.807, 2.05) is 0 Å². The Hall–Kier alpha value is -1.40. The van der Waals surface area contributed by atoms with Gasteiger partial charge in [0.2, 0.25) is 5.95 Å². The number of nitrogens with zero attached hydrogens (tertiary/aromatic N) is 4. The van der Waals surface area contributed by atoms with E-state index in [9.17, 15) is 0 Å². The molecule has 3 heterocycles. The minimum Gasteiger partial charge on any atom is -0.378 e. The van der Waals surface area contributed by atoms with E-state index >= 15 is 0 Å². The van der Waals surface area contributed by atoms with Crippen molar-refractivity contribution in [3.63, 3.8) is 0 Å². The molecule has 1 N–H and O–H groups in total. The van der Waals surface area contributed by atoms with Crippen LogP contribution < -0.4 is 10.2 Å². The number of fused-ring (bicyclic) bond motifs is 1. The molecule has 0 atom stereocenters. The predicted molar refractivity (Wildman–Crippen MR) is 88.5 cm³/mol. The average molecular weight is 305 g/mol. The van der Waals surface area contributed by atoms with Crippen LogP contribution in [0.15, 0.2) is 0 Å². The molecule has 0 spiro atoms. The van der Waals surface area contributed by atoms with E-state index in [1.165, 1.54) is 11.3 Å². The molecule has 0 aromatic carbocycles. The Kier molecular flexibility index (Phi) is 4.78. The maximum absolute atomic E-state index is 5.44. The molecule has 122 valence electrons. The zero-order valence-electron chi connectivity index (χ0n) is 13.9. The summed E-state index contributed by atoms with van der Waals surface area (Å²) in [6, 6.07) is 0.369. The molecular formula is C16H27N5O. The van der Waals surface area contributed by atoms with Gasteiger partial charge in [0.15, 0.2) is 0 Å². The molecule has 2 aliphatic rings. The van der Waals surface area contributed by atoms with Crippen LogP contribution in [0.3, 0.4) is 0 Å². The lowest BCUT2D eigenvalue weighted by Gasteiger charge is -2.32. The maximum atomic E-state index is 5.44. The summed E-state index contributed by atoms with van der Waals surface area (Å²) in [4.78, 5) is 14.4. The van der Waals surface area contributed by atoms with E-state index in [4.69, 9.17) is 14.7 Å². The first kappa shape index (κ1) is 15.5. The van der Waals surface area contributed by atoms with Crippen molar-refractivity contribution in [2.24, 2.45) is 0 Å². The largest absolute Gasteiger partial charge is 0.378 e. The summed E-state index contributed by atoms with van der Waals surface area (Å²) >= 11 is 0. The monoisotopic (exact) mass is 305 g/mol. The van der Waals surface area contributed by atoms with E-state index < -0.39 is 0 Å². The van der Waals surface area contributed by atoms with Gasteiger partial charge in [-0.05, 0) is 20.4 Å². The van der Waals surface area contributed by atoms with Gasteiger partial charge in [-0.3, -0.25) is 4.90 Å². The van der Waals surface area contributed by atoms with Crippen LogP contribution in [0.4, 0.5) is 11.8 Å². The van der Waals surface area contributed by atoms with E-state index in [2.05, 4.69) is 35.9 Å². The van der Waals surface area contributed by atoms with Crippen LogP contribution >= 0.6 is 0 Å². The number of hydrogen-bond donors (Lipinski definition) is 1. The Balaban J connectivity index is 1.93. The Morgan fingerprint density at radius 2 is 1.95 bits per heavy atom. The predicted octanol–water partition coefficient (Wildman–Crippen LogP) is 1.51. The third kappa shape index (κ3) is 3.33. The van der Waals surface area contributed by atoms with Crippen molar-refractivity contribution in [2.75, 3.05) is 49.6 Å². The van der Waals surface area contributed by atoms with Crippen molar-refractivity contribution in [1.82, 2.24) is 14.9 Å². The van der Waals surface area contributed by atoms with Crippen molar-refractivity contribution in [2.45, 2.75) is 39.8 Å². The molecule has 1 aromatic heterocycles. The zero-order chi connectivity index (χ0) is 15.5. The highest BCUT2D eigenvalue weighted by atomic mass is 16.5. The van der Waals surface area contributed by atoms with Crippen LogP contribution in [0.5, 0.6) is 0 Å². The topological polar surface area (TPSA) is 53.5 Å². The van der Waals surface area contributed by atoms with E-state index in [1.54, 1.807) is 0 Å². The summed E-state index contributed by atoms with van der Waals surface area (Å²) in [5, 5.41) is 3.52. The number of ether oxygens (including phenoxy) is 1. The van der Waals surface area contributed by atoms with Crippen molar-refractivity contribution in [1.29, 1.82) is 0 Å². The SMILES string of the molecule is CCN1CCc2nc(N3CCOCC3)nc(NC(C)C)c2C1. The molecule has 6 heteroatoms. The number of aromatic nitrogens is 2. The first-order valence-corrected chi connectivity index (χ1v) is 8.38. The Labute approximate surface area is 132 Å². The second-order valence-electron chi connectivity index (χ2n) is 6.31. The van der Waals surface area contributed by atoms with Crippen LogP contribution in [0.1, 0.15) is 32.0 Å². The van der Waals surface area contributed by atoms with Crippen molar-refractivity contribution in [3.8, 4) is 0 Å². The standard InChI is InChI=1S/C16H27N5O/c1-4-20-6-5-14-13(11-20)15(17-12(2)3)19-16(18-14)21-7-9-22-10-8-21/h12H,4-11H2,1-3H3,(H,17,18,19). The molecule has 6 nitrogen and oxygen atoms in total. The quantitative estimate of drug-likeness (QED) is 0.910. The minimum atomic E-state index is 0.369. The van der Waals surface area contributed by atoms with E-state index in [0.717, 1.165) is 64.1 Å². The zero-order valence-corrected chi connectivity index (χ0v) is 13.9. The summed E-state index contributed by atoms with van der Waals surface area (Å²) in [7, 11) is 0. The lowest BCUT2D eigenvalue weighted by atomic mass is 10.1. The van der Waals surface area contributed by atoms with Gasteiger partial charge in [0, 0.05) is 44.2 Å².